The second-order valence-corrected chi connectivity index (χ2v) is 12.2. The molecule has 2 aliphatic rings. The number of methoxy groups -OCH3 is 1. The zero-order chi connectivity index (χ0) is 33.2. The summed E-state index contributed by atoms with van der Waals surface area (Å²) in [6.07, 6.45) is 2.91. The monoisotopic (exact) mass is 647 g/mol. The molecule has 0 bridgehead atoms. The molecule has 0 spiro atoms. The van der Waals surface area contributed by atoms with Gasteiger partial charge in [0.1, 0.15) is 5.56 Å². The van der Waals surface area contributed by atoms with Crippen molar-refractivity contribution in [3.8, 4) is 11.6 Å². The molecule has 1 aromatic carbocycles. The van der Waals surface area contributed by atoms with Gasteiger partial charge in [0, 0.05) is 37.4 Å². The van der Waals surface area contributed by atoms with Crippen LogP contribution in [0.4, 0.5) is 23.2 Å². The van der Waals surface area contributed by atoms with E-state index >= 15 is 4.39 Å². The van der Waals surface area contributed by atoms with Crippen LogP contribution in [0.15, 0.2) is 30.6 Å². The van der Waals surface area contributed by atoms with Gasteiger partial charge in [-0.05, 0) is 75.8 Å². The molecule has 0 unspecified atom stereocenters. The Morgan fingerprint density at radius 2 is 1.74 bits per heavy atom. The van der Waals surface area contributed by atoms with Crippen molar-refractivity contribution in [2.75, 3.05) is 12.0 Å². The summed E-state index contributed by atoms with van der Waals surface area (Å²) in [5.41, 5.74) is -1.20. The molecule has 10 nitrogen and oxygen atoms in total. The van der Waals surface area contributed by atoms with Crippen LogP contribution in [0, 0.1) is 24.6 Å². The summed E-state index contributed by atoms with van der Waals surface area (Å²) in [6, 6.07) is 2.09. The van der Waals surface area contributed by atoms with Crippen molar-refractivity contribution in [1.29, 1.82) is 0 Å². The molecule has 3 aromatic rings. The van der Waals surface area contributed by atoms with Gasteiger partial charge in [-0.15, -0.1) is 0 Å². The number of pyridine rings is 1. The number of hydrogen-bond donors (Lipinski definition) is 1. The molecule has 0 radical (unpaired) electrons. The average Bonchev–Trinajstić information content (AvgIpc) is 3.43. The van der Waals surface area contributed by atoms with Crippen LogP contribution in [0.25, 0.3) is 0 Å². The number of halogens is 4. The number of ether oxygens (including phenoxy) is 2. The summed E-state index contributed by atoms with van der Waals surface area (Å²) in [6.45, 7) is 3.69. The van der Waals surface area contributed by atoms with Gasteiger partial charge in [-0.2, -0.15) is 28.2 Å². The third-order valence-corrected chi connectivity index (χ3v) is 8.88. The third-order valence-electron chi connectivity index (χ3n) is 8.88. The quantitative estimate of drug-likeness (QED) is 0.252. The van der Waals surface area contributed by atoms with E-state index in [0.29, 0.717) is 50.1 Å². The maximum absolute atomic E-state index is 15.8. The largest absolute Gasteiger partial charge is 0.478 e. The fourth-order valence-electron chi connectivity index (χ4n) is 6.32. The molecule has 0 saturated heterocycles. The van der Waals surface area contributed by atoms with E-state index in [0.717, 1.165) is 37.2 Å². The highest BCUT2D eigenvalue weighted by Crippen LogP contribution is 2.41. The topological polar surface area (TPSA) is 120 Å². The lowest BCUT2D eigenvalue weighted by Gasteiger charge is -2.40. The van der Waals surface area contributed by atoms with Gasteiger partial charge in [-0.3, -0.25) is 4.79 Å². The van der Waals surface area contributed by atoms with E-state index in [1.54, 1.807) is 14.0 Å². The second kappa shape index (κ2) is 13.7. The molecule has 14 heteroatoms. The van der Waals surface area contributed by atoms with Gasteiger partial charge in [-0.1, -0.05) is 6.92 Å². The predicted molar refractivity (Wildman–Crippen MR) is 158 cm³/mol. The summed E-state index contributed by atoms with van der Waals surface area (Å²) in [5.74, 6) is -4.49. The molecule has 1 N–H and O–H groups in total. The maximum atomic E-state index is 15.8. The lowest BCUT2D eigenvalue weighted by atomic mass is 9.81. The number of aromatic carboxylic acids is 1. The van der Waals surface area contributed by atoms with E-state index in [1.165, 1.54) is 15.9 Å². The smallest absolute Gasteiger partial charge is 0.421 e. The lowest BCUT2D eigenvalue weighted by Crippen LogP contribution is -2.47. The summed E-state index contributed by atoms with van der Waals surface area (Å²) >= 11 is 0. The molecule has 0 atom stereocenters. The van der Waals surface area contributed by atoms with E-state index in [4.69, 9.17) is 9.47 Å². The van der Waals surface area contributed by atoms with Gasteiger partial charge >= 0.3 is 12.1 Å². The fourth-order valence-corrected chi connectivity index (χ4v) is 6.32. The van der Waals surface area contributed by atoms with Crippen LogP contribution in [0.1, 0.15) is 85.5 Å². The van der Waals surface area contributed by atoms with Gasteiger partial charge in [0.05, 0.1) is 35.8 Å². The number of benzene rings is 1. The Labute approximate surface area is 263 Å². The lowest BCUT2D eigenvalue weighted by molar-refractivity contribution is -0.139. The number of carboxylic acids is 1. The Bertz CT molecular complexity index is 1560. The Balaban J connectivity index is 1.50. The van der Waals surface area contributed by atoms with Crippen molar-refractivity contribution in [3.63, 3.8) is 0 Å². The molecule has 248 valence electrons. The number of carbonyl (C=O) groups excluding carboxylic acids is 1. The number of alkyl halides is 3. The minimum atomic E-state index is -4.93. The fraction of sp³-hybridized carbons (Fsp3) is 0.531. The highest BCUT2D eigenvalue weighted by atomic mass is 19.4. The number of aromatic nitrogens is 4. The summed E-state index contributed by atoms with van der Waals surface area (Å²) in [5, 5.41) is 18.2. The van der Waals surface area contributed by atoms with Crippen LogP contribution in [0.5, 0.6) is 11.6 Å². The zero-order valence-electron chi connectivity index (χ0n) is 25.9. The minimum Gasteiger partial charge on any atom is -0.478 e. The van der Waals surface area contributed by atoms with Crippen LogP contribution in [0.2, 0.25) is 0 Å². The van der Waals surface area contributed by atoms with Crippen molar-refractivity contribution in [2.24, 2.45) is 11.8 Å². The molecule has 2 aromatic heterocycles. The number of aryl methyl sites for hydroxylation is 1. The van der Waals surface area contributed by atoms with Crippen LogP contribution >= 0.6 is 0 Å². The van der Waals surface area contributed by atoms with E-state index in [1.807, 2.05) is 0 Å². The van der Waals surface area contributed by atoms with Gasteiger partial charge in [0.25, 0.3) is 0 Å². The van der Waals surface area contributed by atoms with Crippen LogP contribution in [-0.2, 0) is 22.3 Å². The average molecular weight is 648 g/mol. The number of amides is 1. The SMILES string of the molecule is COC1CCC(N(C(=O)C2CCC(C)CC2)c2cc(F)c(Oc3ncc(Cn4ncc(C)n4)cc3C(F)(F)F)cc2C(=O)O)CC1. The number of hydrogen-bond acceptors (Lipinski definition) is 7. The molecule has 46 heavy (non-hydrogen) atoms. The molecular weight excluding hydrogens is 610 g/mol. The summed E-state index contributed by atoms with van der Waals surface area (Å²) < 4.78 is 68.9. The number of anilines is 1. The minimum absolute atomic E-state index is 0.00294. The maximum Gasteiger partial charge on any atom is 0.421 e. The number of carboxylic acid groups (broad SMARTS) is 1. The molecule has 0 aliphatic heterocycles. The second-order valence-electron chi connectivity index (χ2n) is 12.2. The summed E-state index contributed by atoms with van der Waals surface area (Å²) in [4.78, 5) is 33.0. The first kappa shape index (κ1) is 33.3. The van der Waals surface area contributed by atoms with Crippen molar-refractivity contribution >= 4 is 17.6 Å². The van der Waals surface area contributed by atoms with E-state index < -0.39 is 46.8 Å². The number of nitrogens with zero attached hydrogens (tertiary/aromatic N) is 5. The van der Waals surface area contributed by atoms with E-state index in [9.17, 15) is 27.9 Å². The van der Waals surface area contributed by atoms with Crippen molar-refractivity contribution in [1.82, 2.24) is 20.0 Å². The normalized spacial score (nSPS) is 22.0. The first-order chi connectivity index (χ1) is 21.8. The Hall–Kier alpha value is -4.07. The Kier molecular flexibility index (Phi) is 9.94. The van der Waals surface area contributed by atoms with Crippen molar-refractivity contribution in [3.05, 3.63) is 58.8 Å². The van der Waals surface area contributed by atoms with Crippen molar-refractivity contribution < 1.29 is 41.7 Å². The van der Waals surface area contributed by atoms with Crippen LogP contribution in [0.3, 0.4) is 0 Å². The first-order valence-electron chi connectivity index (χ1n) is 15.4. The number of carbonyl (C=O) groups is 2. The molecular formula is C32H37F4N5O5. The van der Waals surface area contributed by atoms with Crippen LogP contribution in [-0.4, -0.2) is 56.2 Å². The first-order valence-corrected chi connectivity index (χ1v) is 15.4. The standard InChI is InChI=1S/C32H37F4N5O5/c1-18-4-6-21(7-5-18)30(42)41(22-8-10-23(45-3)11-9-22)27-14-26(33)28(13-24(27)31(43)44)46-29-25(32(34,35)36)12-20(16-37-29)17-40-38-15-19(2)39-40/h12-16,18,21-23H,4-11,17H2,1-3H3,(H,43,44). The number of rotatable bonds is 9. The Morgan fingerprint density at radius 3 is 2.33 bits per heavy atom. The van der Waals surface area contributed by atoms with E-state index in [-0.39, 0.29) is 35.7 Å². The molecule has 2 aliphatic carbocycles. The molecule has 5 rings (SSSR count). The molecule has 1 amide bonds. The van der Waals surface area contributed by atoms with Gasteiger partial charge in [0.15, 0.2) is 11.6 Å². The van der Waals surface area contributed by atoms with E-state index in [2.05, 4.69) is 22.1 Å². The van der Waals surface area contributed by atoms with Gasteiger partial charge < -0.3 is 19.5 Å². The summed E-state index contributed by atoms with van der Waals surface area (Å²) in [7, 11) is 1.61. The van der Waals surface area contributed by atoms with Crippen molar-refractivity contribution in [2.45, 2.75) is 90.1 Å². The molecule has 2 heterocycles. The van der Waals surface area contributed by atoms with Crippen LogP contribution < -0.4 is 9.64 Å². The predicted octanol–water partition coefficient (Wildman–Crippen LogP) is 6.80. The highest BCUT2D eigenvalue weighted by Gasteiger charge is 2.39. The molecule has 2 saturated carbocycles. The Morgan fingerprint density at radius 1 is 1.04 bits per heavy atom. The van der Waals surface area contributed by atoms with Gasteiger partial charge in [-0.25, -0.2) is 14.2 Å². The van der Waals surface area contributed by atoms with Gasteiger partial charge in [0.2, 0.25) is 11.8 Å². The molecule has 2 fully saturated rings. The zero-order valence-corrected chi connectivity index (χ0v) is 25.9. The third kappa shape index (κ3) is 7.48. The highest BCUT2D eigenvalue weighted by molar-refractivity contribution is 6.03.